The highest BCUT2D eigenvalue weighted by atomic mass is 32.2. The lowest BCUT2D eigenvalue weighted by atomic mass is 10.1. The maximum atomic E-state index is 12.8. The first kappa shape index (κ1) is 22.9. The van der Waals surface area contributed by atoms with Gasteiger partial charge >= 0.3 is 0 Å². The largest absolute Gasteiger partial charge is 0.354 e. The van der Waals surface area contributed by atoms with Gasteiger partial charge in [-0.2, -0.15) is 0 Å². The zero-order chi connectivity index (χ0) is 21.6. The van der Waals surface area contributed by atoms with E-state index in [2.05, 4.69) is 36.5 Å². The molecule has 0 spiro atoms. The molecule has 1 amide bonds. The highest BCUT2D eigenvalue weighted by Gasteiger charge is 2.31. The third-order valence-corrected chi connectivity index (χ3v) is 6.32. The molecular weight excluding hydrogens is 384 g/mol. The van der Waals surface area contributed by atoms with Crippen molar-refractivity contribution in [3.63, 3.8) is 0 Å². The zero-order valence-electron chi connectivity index (χ0n) is 18.0. The molecule has 0 fully saturated rings. The second-order valence-electron chi connectivity index (χ2n) is 7.63. The summed E-state index contributed by atoms with van der Waals surface area (Å²) in [5, 5.41) is 2.92. The van der Waals surface area contributed by atoms with Gasteiger partial charge in [-0.1, -0.05) is 42.8 Å². The Hall–Kier alpha value is -2.34. The van der Waals surface area contributed by atoms with E-state index >= 15 is 0 Å². The zero-order valence-corrected chi connectivity index (χ0v) is 18.8. The Balaban J connectivity index is 2.07. The third-order valence-electron chi connectivity index (χ3n) is 5.14. The summed E-state index contributed by atoms with van der Waals surface area (Å²) in [4.78, 5) is 12.8. The van der Waals surface area contributed by atoms with Gasteiger partial charge in [0.2, 0.25) is 15.9 Å². The van der Waals surface area contributed by atoms with Crippen molar-refractivity contribution in [3.8, 4) is 0 Å². The molecule has 1 atom stereocenters. The van der Waals surface area contributed by atoms with E-state index in [1.54, 1.807) is 6.07 Å². The molecule has 0 aliphatic rings. The van der Waals surface area contributed by atoms with Crippen LogP contribution in [-0.2, 0) is 21.2 Å². The Kier molecular flexibility index (Phi) is 7.85. The molecule has 158 valence electrons. The molecule has 0 saturated carbocycles. The molecule has 0 saturated heterocycles. The third kappa shape index (κ3) is 6.32. The lowest BCUT2D eigenvalue weighted by Gasteiger charge is -2.30. The van der Waals surface area contributed by atoms with Crippen LogP contribution in [0.3, 0.4) is 0 Å². The van der Waals surface area contributed by atoms with Gasteiger partial charge in [-0.25, -0.2) is 8.42 Å². The fourth-order valence-corrected chi connectivity index (χ4v) is 4.50. The molecule has 0 bridgehead atoms. The number of nitrogens with one attached hydrogen (secondary N) is 1. The topological polar surface area (TPSA) is 66.5 Å². The number of hydrogen-bond acceptors (Lipinski definition) is 3. The predicted octanol–water partition coefficient (Wildman–Crippen LogP) is 3.91. The van der Waals surface area contributed by atoms with Crippen LogP contribution in [0.25, 0.3) is 0 Å². The summed E-state index contributed by atoms with van der Waals surface area (Å²) in [6.07, 6.45) is 3.21. The van der Waals surface area contributed by atoms with Crippen LogP contribution < -0.4 is 9.62 Å². The highest BCUT2D eigenvalue weighted by Crippen LogP contribution is 2.25. The minimum Gasteiger partial charge on any atom is -0.354 e. The summed E-state index contributed by atoms with van der Waals surface area (Å²) < 4.78 is 26.3. The summed E-state index contributed by atoms with van der Waals surface area (Å²) in [5.74, 6) is -0.264. The molecular formula is C23H32N2O3S. The Morgan fingerprint density at radius 1 is 1.03 bits per heavy atom. The molecule has 5 nitrogen and oxygen atoms in total. The van der Waals surface area contributed by atoms with Crippen molar-refractivity contribution in [2.45, 2.75) is 53.0 Å². The van der Waals surface area contributed by atoms with Crippen molar-refractivity contribution in [3.05, 3.63) is 64.7 Å². The van der Waals surface area contributed by atoms with Crippen molar-refractivity contribution in [1.82, 2.24) is 5.32 Å². The summed E-state index contributed by atoms with van der Waals surface area (Å²) >= 11 is 0. The van der Waals surface area contributed by atoms with E-state index in [1.165, 1.54) is 15.4 Å². The summed E-state index contributed by atoms with van der Waals surface area (Å²) in [7, 11) is -3.61. The van der Waals surface area contributed by atoms with Crippen molar-refractivity contribution in [2.24, 2.45) is 0 Å². The second-order valence-corrected chi connectivity index (χ2v) is 9.49. The van der Waals surface area contributed by atoms with E-state index < -0.39 is 16.1 Å². The molecule has 0 aromatic heterocycles. The lowest BCUT2D eigenvalue weighted by Crippen LogP contribution is -2.49. The maximum Gasteiger partial charge on any atom is 0.243 e. The van der Waals surface area contributed by atoms with Crippen LogP contribution in [-0.4, -0.2) is 33.2 Å². The van der Waals surface area contributed by atoms with Gasteiger partial charge in [-0.05, 0) is 68.9 Å². The van der Waals surface area contributed by atoms with Crippen LogP contribution in [0.2, 0.25) is 0 Å². The molecule has 2 aromatic rings. The summed E-state index contributed by atoms with van der Waals surface area (Å²) in [6.45, 7) is 8.30. The fraction of sp³-hybridized carbons (Fsp3) is 0.435. The molecule has 29 heavy (non-hydrogen) atoms. The number of rotatable bonds is 9. The normalized spacial score (nSPS) is 12.4. The molecule has 0 aliphatic heterocycles. The molecule has 2 aromatic carbocycles. The number of anilines is 1. The second kappa shape index (κ2) is 9.92. The number of sulfonamides is 1. The smallest absolute Gasteiger partial charge is 0.243 e. The minimum absolute atomic E-state index is 0.264. The molecule has 0 heterocycles. The number of carbonyl (C=O) groups excluding carboxylic acids is 1. The molecule has 2 rings (SSSR count). The number of aryl methyl sites for hydroxylation is 4. The highest BCUT2D eigenvalue weighted by molar-refractivity contribution is 7.92. The van der Waals surface area contributed by atoms with Crippen LogP contribution >= 0.6 is 0 Å². The SMILES string of the molecule is CC[C@H](C(=O)NCCCc1ccc(C)cc1)N(c1ccc(C)c(C)c1)S(C)(=O)=O. The van der Waals surface area contributed by atoms with Crippen molar-refractivity contribution in [2.75, 3.05) is 17.1 Å². The van der Waals surface area contributed by atoms with Crippen molar-refractivity contribution >= 4 is 21.6 Å². The molecule has 0 aliphatic carbocycles. The molecule has 1 N–H and O–H groups in total. The quantitative estimate of drug-likeness (QED) is 0.631. The van der Waals surface area contributed by atoms with Gasteiger partial charge in [0.1, 0.15) is 6.04 Å². The Morgan fingerprint density at radius 3 is 2.24 bits per heavy atom. The Morgan fingerprint density at radius 2 is 1.69 bits per heavy atom. The molecule has 0 radical (unpaired) electrons. The van der Waals surface area contributed by atoms with Gasteiger partial charge in [0.15, 0.2) is 0 Å². The van der Waals surface area contributed by atoms with Gasteiger partial charge in [0.05, 0.1) is 11.9 Å². The predicted molar refractivity (Wildman–Crippen MR) is 120 cm³/mol. The number of carbonyl (C=O) groups is 1. The van der Waals surface area contributed by atoms with E-state index in [4.69, 9.17) is 0 Å². The first-order chi connectivity index (χ1) is 13.6. The molecule has 0 unspecified atom stereocenters. The number of hydrogen-bond donors (Lipinski definition) is 1. The van der Waals surface area contributed by atoms with Gasteiger partial charge in [0.25, 0.3) is 0 Å². The maximum absolute atomic E-state index is 12.8. The number of amides is 1. The number of nitrogens with zero attached hydrogens (tertiary/aromatic N) is 1. The Bertz CT molecular complexity index is 937. The van der Waals surface area contributed by atoms with Crippen LogP contribution in [0, 0.1) is 20.8 Å². The standard InChI is InChI=1S/C23H32N2O3S/c1-6-22(23(26)24-15-7-8-20-12-9-17(2)10-13-20)25(29(5,27)28)21-14-11-18(3)19(4)16-21/h9-14,16,22H,6-8,15H2,1-5H3,(H,24,26)/t22-/m1/s1. The summed E-state index contributed by atoms with van der Waals surface area (Å²) in [6, 6.07) is 13.0. The fourth-order valence-electron chi connectivity index (χ4n) is 3.30. The van der Waals surface area contributed by atoms with Crippen molar-refractivity contribution in [1.29, 1.82) is 0 Å². The first-order valence-electron chi connectivity index (χ1n) is 10.0. The minimum atomic E-state index is -3.61. The average Bonchev–Trinajstić information content (AvgIpc) is 2.66. The van der Waals surface area contributed by atoms with Gasteiger partial charge in [-0.15, -0.1) is 0 Å². The lowest BCUT2D eigenvalue weighted by molar-refractivity contribution is -0.122. The van der Waals surface area contributed by atoms with Crippen molar-refractivity contribution < 1.29 is 13.2 Å². The average molecular weight is 417 g/mol. The van der Waals surface area contributed by atoms with E-state index in [0.717, 1.165) is 30.2 Å². The van der Waals surface area contributed by atoms with Gasteiger partial charge in [-0.3, -0.25) is 9.10 Å². The molecule has 6 heteroatoms. The van der Waals surface area contributed by atoms with Gasteiger partial charge < -0.3 is 5.32 Å². The van der Waals surface area contributed by atoms with Crippen LogP contribution in [0.5, 0.6) is 0 Å². The van der Waals surface area contributed by atoms with Crippen LogP contribution in [0.15, 0.2) is 42.5 Å². The van der Waals surface area contributed by atoms with Crippen LogP contribution in [0.1, 0.15) is 42.0 Å². The van der Waals surface area contributed by atoms with E-state index in [1.807, 2.05) is 32.9 Å². The van der Waals surface area contributed by atoms with Gasteiger partial charge in [0, 0.05) is 6.54 Å². The van der Waals surface area contributed by atoms with Crippen LogP contribution in [0.4, 0.5) is 5.69 Å². The number of benzene rings is 2. The van der Waals surface area contributed by atoms with E-state index in [0.29, 0.717) is 18.7 Å². The Labute approximate surface area is 175 Å². The van der Waals surface area contributed by atoms with E-state index in [-0.39, 0.29) is 5.91 Å². The monoisotopic (exact) mass is 416 g/mol. The summed E-state index contributed by atoms with van der Waals surface area (Å²) in [5.41, 5.74) is 5.04. The first-order valence-corrected chi connectivity index (χ1v) is 11.9. The van der Waals surface area contributed by atoms with E-state index in [9.17, 15) is 13.2 Å².